The second-order valence-corrected chi connectivity index (χ2v) is 6.64. The summed E-state index contributed by atoms with van der Waals surface area (Å²) in [4.78, 5) is 11.8. The van der Waals surface area contributed by atoms with Crippen molar-refractivity contribution in [3.8, 4) is 0 Å². The molecule has 1 spiro atoms. The van der Waals surface area contributed by atoms with Crippen molar-refractivity contribution in [2.45, 2.75) is 57.8 Å². The Labute approximate surface area is 119 Å². The summed E-state index contributed by atoms with van der Waals surface area (Å²) in [6.45, 7) is 6.24. The molecule has 108 valence electrons. The van der Waals surface area contributed by atoms with E-state index in [-0.39, 0.29) is 5.60 Å². The molecule has 2 aliphatic rings. The van der Waals surface area contributed by atoms with Crippen LogP contribution in [0.25, 0.3) is 0 Å². The highest BCUT2D eigenvalue weighted by Crippen LogP contribution is 2.51. The molecular formula is C16H21NO3. The molecule has 1 fully saturated rings. The second kappa shape index (κ2) is 4.48. The van der Waals surface area contributed by atoms with E-state index in [0.717, 1.165) is 18.5 Å². The van der Waals surface area contributed by atoms with Gasteiger partial charge in [0.25, 0.3) is 0 Å². The summed E-state index contributed by atoms with van der Waals surface area (Å²) in [7, 11) is 0. The fourth-order valence-electron chi connectivity index (χ4n) is 2.83. The topological polar surface area (TPSA) is 47.6 Å². The Balaban J connectivity index is 1.76. The molecule has 1 heterocycles. The van der Waals surface area contributed by atoms with Crippen molar-refractivity contribution in [1.29, 1.82) is 0 Å². The molecule has 4 nitrogen and oxygen atoms in total. The number of benzene rings is 1. The van der Waals surface area contributed by atoms with Crippen LogP contribution >= 0.6 is 0 Å². The van der Waals surface area contributed by atoms with Crippen LogP contribution in [0.4, 0.5) is 10.5 Å². The van der Waals surface area contributed by atoms with E-state index >= 15 is 0 Å². The first-order valence-corrected chi connectivity index (χ1v) is 7.15. The molecule has 0 aromatic heterocycles. The van der Waals surface area contributed by atoms with Gasteiger partial charge in [-0.05, 0) is 63.3 Å². The van der Waals surface area contributed by atoms with Crippen LogP contribution in [0, 0.1) is 0 Å². The molecule has 1 aromatic rings. The molecular weight excluding hydrogens is 254 g/mol. The first kappa shape index (κ1) is 13.4. The van der Waals surface area contributed by atoms with E-state index in [9.17, 15) is 4.79 Å². The second-order valence-electron chi connectivity index (χ2n) is 6.64. The zero-order valence-electron chi connectivity index (χ0n) is 12.3. The van der Waals surface area contributed by atoms with E-state index in [1.807, 2.05) is 39.0 Å². The smallest absolute Gasteiger partial charge is 0.412 e. The maximum atomic E-state index is 11.8. The van der Waals surface area contributed by atoms with Crippen LogP contribution in [0.5, 0.6) is 0 Å². The number of carbonyl (C=O) groups excluding carboxylic acids is 1. The number of nitrogens with one attached hydrogen (secondary N) is 1. The molecule has 0 bridgehead atoms. The van der Waals surface area contributed by atoms with Crippen molar-refractivity contribution in [2.75, 3.05) is 5.32 Å². The molecule has 1 aliphatic carbocycles. The standard InChI is InChI=1S/C16H21NO3/c1-15(2,3)20-14(18)17-12-6-5-11-10-19-16(7-4-8-16)13(11)9-12/h5-6,9H,4,7-8,10H2,1-3H3,(H,17,18). The minimum atomic E-state index is -0.487. The molecule has 0 unspecified atom stereocenters. The van der Waals surface area contributed by atoms with E-state index in [1.54, 1.807) is 0 Å². The Hall–Kier alpha value is -1.55. The molecule has 1 N–H and O–H groups in total. The van der Waals surface area contributed by atoms with Crippen LogP contribution in [0.2, 0.25) is 0 Å². The average molecular weight is 275 g/mol. The Morgan fingerprint density at radius 2 is 2.10 bits per heavy atom. The van der Waals surface area contributed by atoms with Gasteiger partial charge in [0.1, 0.15) is 5.60 Å². The van der Waals surface area contributed by atoms with Crippen LogP contribution in [-0.2, 0) is 21.7 Å². The predicted molar refractivity (Wildman–Crippen MR) is 76.6 cm³/mol. The van der Waals surface area contributed by atoms with Gasteiger partial charge in [-0.1, -0.05) is 6.07 Å². The summed E-state index contributed by atoms with van der Waals surface area (Å²) in [5.41, 5.74) is 2.67. The van der Waals surface area contributed by atoms with Gasteiger partial charge in [0.05, 0.1) is 12.2 Å². The summed E-state index contributed by atoms with van der Waals surface area (Å²) in [5.74, 6) is 0. The lowest BCUT2D eigenvalue weighted by Crippen LogP contribution is -2.33. The summed E-state index contributed by atoms with van der Waals surface area (Å²) >= 11 is 0. The van der Waals surface area contributed by atoms with Gasteiger partial charge in [0.2, 0.25) is 0 Å². The summed E-state index contributed by atoms with van der Waals surface area (Å²) in [5, 5.41) is 2.80. The zero-order chi connectivity index (χ0) is 14.4. The third kappa shape index (κ3) is 2.40. The Morgan fingerprint density at radius 3 is 2.70 bits per heavy atom. The molecule has 0 atom stereocenters. The summed E-state index contributed by atoms with van der Waals surface area (Å²) < 4.78 is 11.2. The third-order valence-electron chi connectivity index (χ3n) is 3.91. The highest BCUT2D eigenvalue weighted by atomic mass is 16.6. The van der Waals surface area contributed by atoms with Gasteiger partial charge in [-0.3, -0.25) is 5.32 Å². The van der Waals surface area contributed by atoms with E-state index in [0.29, 0.717) is 6.61 Å². The fraction of sp³-hybridized carbons (Fsp3) is 0.562. The molecule has 20 heavy (non-hydrogen) atoms. The predicted octanol–water partition coefficient (Wildman–Crippen LogP) is 3.94. The SMILES string of the molecule is CC(C)(C)OC(=O)Nc1ccc2c(c1)C1(CCC1)OC2. The molecule has 1 aliphatic heterocycles. The number of anilines is 1. The largest absolute Gasteiger partial charge is 0.444 e. The van der Waals surface area contributed by atoms with Crippen molar-refractivity contribution in [3.05, 3.63) is 29.3 Å². The zero-order valence-corrected chi connectivity index (χ0v) is 12.3. The van der Waals surface area contributed by atoms with Crippen molar-refractivity contribution in [3.63, 3.8) is 0 Å². The number of carbonyl (C=O) groups is 1. The third-order valence-corrected chi connectivity index (χ3v) is 3.91. The van der Waals surface area contributed by atoms with Crippen molar-refractivity contribution < 1.29 is 14.3 Å². The molecule has 1 amide bonds. The van der Waals surface area contributed by atoms with Gasteiger partial charge in [0, 0.05) is 5.69 Å². The van der Waals surface area contributed by atoms with Crippen LogP contribution in [0.1, 0.15) is 51.2 Å². The number of hydrogen-bond acceptors (Lipinski definition) is 3. The number of rotatable bonds is 1. The van der Waals surface area contributed by atoms with Crippen LogP contribution in [-0.4, -0.2) is 11.7 Å². The first-order chi connectivity index (χ1) is 9.38. The Kier molecular flexibility index (Phi) is 3.01. The molecule has 1 saturated carbocycles. The highest BCUT2D eigenvalue weighted by Gasteiger charge is 2.45. The lowest BCUT2D eigenvalue weighted by Gasteiger charge is -2.38. The van der Waals surface area contributed by atoms with E-state index in [1.165, 1.54) is 17.5 Å². The van der Waals surface area contributed by atoms with Crippen LogP contribution in [0.15, 0.2) is 18.2 Å². The van der Waals surface area contributed by atoms with Gasteiger partial charge in [0.15, 0.2) is 0 Å². The highest BCUT2D eigenvalue weighted by molar-refractivity contribution is 5.85. The van der Waals surface area contributed by atoms with Crippen LogP contribution in [0.3, 0.4) is 0 Å². The maximum Gasteiger partial charge on any atom is 0.412 e. The minimum absolute atomic E-state index is 0.0824. The molecule has 3 rings (SSSR count). The maximum absolute atomic E-state index is 11.8. The Morgan fingerprint density at radius 1 is 1.35 bits per heavy atom. The van der Waals surface area contributed by atoms with Gasteiger partial charge in [-0.15, -0.1) is 0 Å². The van der Waals surface area contributed by atoms with Gasteiger partial charge in [-0.25, -0.2) is 4.79 Å². The normalized spacial score (nSPS) is 19.4. The lowest BCUT2D eigenvalue weighted by atomic mass is 9.75. The number of fused-ring (bicyclic) bond motifs is 2. The number of amides is 1. The van der Waals surface area contributed by atoms with Crippen LogP contribution < -0.4 is 5.32 Å². The monoisotopic (exact) mass is 275 g/mol. The van der Waals surface area contributed by atoms with Gasteiger partial charge < -0.3 is 9.47 Å². The van der Waals surface area contributed by atoms with Gasteiger partial charge in [-0.2, -0.15) is 0 Å². The fourth-order valence-corrected chi connectivity index (χ4v) is 2.83. The summed E-state index contributed by atoms with van der Waals surface area (Å²) in [6.07, 6.45) is 2.95. The van der Waals surface area contributed by atoms with E-state index < -0.39 is 11.7 Å². The molecule has 0 saturated heterocycles. The van der Waals surface area contributed by atoms with Gasteiger partial charge >= 0.3 is 6.09 Å². The average Bonchev–Trinajstić information content (AvgIpc) is 2.64. The quantitative estimate of drug-likeness (QED) is 0.844. The molecule has 4 heteroatoms. The van der Waals surface area contributed by atoms with E-state index in [2.05, 4.69) is 5.32 Å². The van der Waals surface area contributed by atoms with Crippen molar-refractivity contribution in [2.24, 2.45) is 0 Å². The van der Waals surface area contributed by atoms with Crippen molar-refractivity contribution >= 4 is 11.8 Å². The summed E-state index contributed by atoms with van der Waals surface area (Å²) in [6, 6.07) is 5.98. The minimum Gasteiger partial charge on any atom is -0.444 e. The number of ether oxygens (including phenoxy) is 2. The first-order valence-electron chi connectivity index (χ1n) is 7.15. The Bertz CT molecular complexity index is 541. The van der Waals surface area contributed by atoms with Crippen molar-refractivity contribution in [1.82, 2.24) is 0 Å². The molecule has 0 radical (unpaired) electrons. The number of hydrogen-bond donors (Lipinski definition) is 1. The lowest BCUT2D eigenvalue weighted by molar-refractivity contribution is -0.0943. The molecule has 1 aromatic carbocycles. The van der Waals surface area contributed by atoms with E-state index in [4.69, 9.17) is 9.47 Å².